The van der Waals surface area contributed by atoms with Crippen LogP contribution in [0.2, 0.25) is 0 Å². The Kier molecular flexibility index (Phi) is 4.79. The van der Waals surface area contributed by atoms with Crippen molar-refractivity contribution < 1.29 is 14.3 Å². The minimum atomic E-state index is -0.612. The summed E-state index contributed by atoms with van der Waals surface area (Å²) < 4.78 is 11.2. The predicted octanol–water partition coefficient (Wildman–Crippen LogP) is 4.06. The van der Waals surface area contributed by atoms with Gasteiger partial charge in [-0.15, -0.1) is 0 Å². The van der Waals surface area contributed by atoms with Gasteiger partial charge in [-0.3, -0.25) is 0 Å². The van der Waals surface area contributed by atoms with Crippen molar-refractivity contribution in [1.29, 1.82) is 0 Å². The fourth-order valence-corrected chi connectivity index (χ4v) is 2.05. The number of ether oxygens (including phenoxy) is 2. The van der Waals surface area contributed by atoms with Crippen molar-refractivity contribution in [1.82, 2.24) is 0 Å². The van der Waals surface area contributed by atoms with Gasteiger partial charge in [0.05, 0.1) is 7.11 Å². The van der Waals surface area contributed by atoms with Crippen molar-refractivity contribution in [2.45, 2.75) is 13.0 Å². The Morgan fingerprint density at radius 3 is 2.00 bits per heavy atom. The van der Waals surface area contributed by atoms with Gasteiger partial charge >= 0.3 is 5.97 Å². The second-order valence-electron chi connectivity index (χ2n) is 4.31. The third-order valence-corrected chi connectivity index (χ3v) is 3.41. The lowest BCUT2D eigenvalue weighted by atomic mass is 10.1. The normalized spacial score (nSPS) is 11.8. The highest BCUT2D eigenvalue weighted by atomic mass is 79.9. The fraction of sp³-hybridized carbons (Fsp3) is 0.188. The average Bonchev–Trinajstić information content (AvgIpc) is 2.48. The SMILES string of the molecule is COC(=O)[C@H](C)Oc1ccc(-c2ccc(Br)cc2)cc1. The molecule has 0 aromatic heterocycles. The van der Waals surface area contributed by atoms with Crippen LogP contribution >= 0.6 is 15.9 Å². The number of rotatable bonds is 4. The molecule has 0 radical (unpaired) electrons. The molecule has 20 heavy (non-hydrogen) atoms. The molecule has 0 amide bonds. The Morgan fingerprint density at radius 1 is 1.00 bits per heavy atom. The molecule has 0 aliphatic heterocycles. The summed E-state index contributed by atoms with van der Waals surface area (Å²) >= 11 is 3.41. The molecule has 104 valence electrons. The van der Waals surface area contributed by atoms with E-state index in [1.54, 1.807) is 6.92 Å². The van der Waals surface area contributed by atoms with Crippen LogP contribution in [0.15, 0.2) is 53.0 Å². The Hall–Kier alpha value is -1.81. The number of halogens is 1. The van der Waals surface area contributed by atoms with Gasteiger partial charge in [-0.1, -0.05) is 40.2 Å². The van der Waals surface area contributed by atoms with Crippen LogP contribution in [0.5, 0.6) is 5.75 Å². The molecule has 3 nitrogen and oxygen atoms in total. The first-order valence-electron chi connectivity index (χ1n) is 6.20. The molecule has 1 atom stereocenters. The molecule has 2 aromatic rings. The van der Waals surface area contributed by atoms with Crippen LogP contribution in [0, 0.1) is 0 Å². The summed E-state index contributed by atoms with van der Waals surface area (Å²) in [5.41, 5.74) is 2.22. The Morgan fingerprint density at radius 2 is 1.50 bits per heavy atom. The highest BCUT2D eigenvalue weighted by molar-refractivity contribution is 9.10. The van der Waals surface area contributed by atoms with E-state index in [-0.39, 0.29) is 5.97 Å². The number of hydrogen-bond donors (Lipinski definition) is 0. The van der Waals surface area contributed by atoms with Crippen molar-refractivity contribution >= 4 is 21.9 Å². The first-order valence-corrected chi connectivity index (χ1v) is 7.00. The maximum Gasteiger partial charge on any atom is 0.346 e. The summed E-state index contributed by atoms with van der Waals surface area (Å²) in [6, 6.07) is 15.7. The van der Waals surface area contributed by atoms with E-state index in [0.717, 1.165) is 15.6 Å². The Labute approximate surface area is 126 Å². The zero-order chi connectivity index (χ0) is 14.5. The van der Waals surface area contributed by atoms with Gasteiger partial charge in [-0.25, -0.2) is 4.79 Å². The predicted molar refractivity (Wildman–Crippen MR) is 81.7 cm³/mol. The zero-order valence-electron chi connectivity index (χ0n) is 11.3. The van der Waals surface area contributed by atoms with E-state index < -0.39 is 6.10 Å². The minimum absolute atomic E-state index is 0.387. The van der Waals surface area contributed by atoms with Crippen LogP contribution in [0.1, 0.15) is 6.92 Å². The Bertz CT molecular complexity index is 576. The average molecular weight is 335 g/mol. The van der Waals surface area contributed by atoms with Crippen LogP contribution in [0.4, 0.5) is 0 Å². The molecule has 0 aliphatic carbocycles. The van der Waals surface area contributed by atoms with Crippen molar-refractivity contribution in [3.8, 4) is 16.9 Å². The molecule has 0 fully saturated rings. The van der Waals surface area contributed by atoms with Gasteiger partial charge in [0.1, 0.15) is 5.75 Å². The summed E-state index contributed by atoms with van der Waals surface area (Å²) in [4.78, 5) is 11.3. The first-order chi connectivity index (χ1) is 9.60. The summed E-state index contributed by atoms with van der Waals surface area (Å²) in [5, 5.41) is 0. The van der Waals surface area contributed by atoms with Gasteiger partial charge in [0, 0.05) is 4.47 Å². The van der Waals surface area contributed by atoms with Gasteiger partial charge in [-0.2, -0.15) is 0 Å². The molecule has 0 spiro atoms. The lowest BCUT2D eigenvalue weighted by Gasteiger charge is -2.12. The number of benzene rings is 2. The van der Waals surface area contributed by atoms with Crippen molar-refractivity contribution in [3.63, 3.8) is 0 Å². The van der Waals surface area contributed by atoms with Crippen LogP contribution in [0.25, 0.3) is 11.1 Å². The first kappa shape index (κ1) is 14.6. The van der Waals surface area contributed by atoms with E-state index >= 15 is 0 Å². The molecular weight excluding hydrogens is 320 g/mol. The monoisotopic (exact) mass is 334 g/mol. The van der Waals surface area contributed by atoms with E-state index in [2.05, 4.69) is 20.7 Å². The van der Waals surface area contributed by atoms with Crippen molar-refractivity contribution in [2.75, 3.05) is 7.11 Å². The molecule has 0 saturated carbocycles. The Balaban J connectivity index is 2.10. The van der Waals surface area contributed by atoms with Crippen LogP contribution in [-0.4, -0.2) is 19.2 Å². The molecule has 0 saturated heterocycles. The van der Waals surface area contributed by atoms with Gasteiger partial charge < -0.3 is 9.47 Å². The number of methoxy groups -OCH3 is 1. The van der Waals surface area contributed by atoms with Crippen molar-refractivity contribution in [3.05, 3.63) is 53.0 Å². The standard InChI is InChI=1S/C16H15BrO3/c1-11(16(18)19-2)20-15-9-5-13(6-10-15)12-3-7-14(17)8-4-12/h3-11H,1-2H3/t11-/m0/s1. The largest absolute Gasteiger partial charge is 0.479 e. The number of esters is 1. The third-order valence-electron chi connectivity index (χ3n) is 2.88. The minimum Gasteiger partial charge on any atom is -0.479 e. The van der Waals surface area contributed by atoms with E-state index in [4.69, 9.17) is 4.74 Å². The third kappa shape index (κ3) is 3.61. The smallest absolute Gasteiger partial charge is 0.346 e. The van der Waals surface area contributed by atoms with Gasteiger partial charge in [-0.05, 0) is 42.3 Å². The van der Waals surface area contributed by atoms with Crippen LogP contribution < -0.4 is 4.74 Å². The molecular formula is C16H15BrO3. The molecule has 0 aliphatic rings. The van der Waals surface area contributed by atoms with Crippen LogP contribution in [-0.2, 0) is 9.53 Å². The number of carbonyl (C=O) groups is 1. The number of hydrogen-bond acceptors (Lipinski definition) is 3. The number of carbonyl (C=O) groups excluding carboxylic acids is 1. The molecule has 4 heteroatoms. The van der Waals surface area contributed by atoms with E-state index in [0.29, 0.717) is 5.75 Å². The zero-order valence-corrected chi connectivity index (χ0v) is 12.9. The highest BCUT2D eigenvalue weighted by Gasteiger charge is 2.14. The quantitative estimate of drug-likeness (QED) is 0.791. The second kappa shape index (κ2) is 6.57. The summed E-state index contributed by atoms with van der Waals surface area (Å²) in [7, 11) is 1.35. The van der Waals surface area contributed by atoms with E-state index in [1.807, 2.05) is 48.5 Å². The molecule has 2 aromatic carbocycles. The molecule has 0 bridgehead atoms. The van der Waals surface area contributed by atoms with Crippen molar-refractivity contribution in [2.24, 2.45) is 0 Å². The van der Waals surface area contributed by atoms with Crippen LogP contribution in [0.3, 0.4) is 0 Å². The summed E-state index contributed by atoms with van der Waals surface area (Å²) in [5.74, 6) is 0.255. The maximum atomic E-state index is 11.3. The summed E-state index contributed by atoms with van der Waals surface area (Å²) in [6.07, 6.45) is -0.612. The fourth-order valence-electron chi connectivity index (χ4n) is 1.79. The maximum absolute atomic E-state index is 11.3. The summed E-state index contributed by atoms with van der Waals surface area (Å²) in [6.45, 7) is 1.66. The van der Waals surface area contributed by atoms with Gasteiger partial charge in [0.25, 0.3) is 0 Å². The molecule has 0 N–H and O–H groups in total. The highest BCUT2D eigenvalue weighted by Crippen LogP contribution is 2.24. The molecule has 0 heterocycles. The second-order valence-corrected chi connectivity index (χ2v) is 5.23. The lowest BCUT2D eigenvalue weighted by molar-refractivity contribution is -0.147. The topological polar surface area (TPSA) is 35.5 Å². The molecule has 2 rings (SSSR count). The van der Waals surface area contributed by atoms with Gasteiger partial charge in [0.15, 0.2) is 6.10 Å². The van der Waals surface area contributed by atoms with E-state index in [9.17, 15) is 4.79 Å². The molecule has 0 unspecified atom stereocenters. The van der Waals surface area contributed by atoms with E-state index in [1.165, 1.54) is 7.11 Å². The lowest BCUT2D eigenvalue weighted by Crippen LogP contribution is -2.24. The van der Waals surface area contributed by atoms with Gasteiger partial charge in [0.2, 0.25) is 0 Å².